The molecule has 4 atom stereocenters. The molecule has 2 saturated heterocycles. The average Bonchev–Trinajstić information content (AvgIpc) is 2.42. The van der Waals surface area contributed by atoms with Crippen LogP contribution in [0.15, 0.2) is 0 Å². The van der Waals surface area contributed by atoms with Crippen molar-refractivity contribution in [2.24, 2.45) is 23.7 Å². The molecule has 3 heteroatoms. The van der Waals surface area contributed by atoms with E-state index in [1.54, 1.807) is 0 Å². The van der Waals surface area contributed by atoms with Crippen LogP contribution in [0.4, 0.5) is 0 Å². The number of carbonyl (C=O) groups excluding carboxylic acids is 1. The van der Waals surface area contributed by atoms with E-state index in [0.717, 1.165) is 38.5 Å². The van der Waals surface area contributed by atoms with Gasteiger partial charge in [-0.3, -0.25) is 4.79 Å². The van der Waals surface area contributed by atoms with Gasteiger partial charge in [-0.05, 0) is 56.0 Å². The summed E-state index contributed by atoms with van der Waals surface area (Å²) in [4.78, 5) is 14.5. The molecule has 0 bridgehead atoms. The highest BCUT2D eigenvalue weighted by Gasteiger charge is 2.28. The normalized spacial score (nSPS) is 34.1. The highest BCUT2D eigenvalue weighted by molar-refractivity contribution is 5.76. The Morgan fingerprint density at radius 3 is 2.74 bits per heavy atom. The van der Waals surface area contributed by atoms with E-state index < -0.39 is 0 Å². The Hall–Kier alpha value is -0.570. The van der Waals surface area contributed by atoms with Crippen molar-refractivity contribution in [2.75, 3.05) is 26.2 Å². The van der Waals surface area contributed by atoms with Gasteiger partial charge in [-0.25, -0.2) is 0 Å². The maximum absolute atomic E-state index is 12.4. The Labute approximate surface area is 118 Å². The number of nitrogens with zero attached hydrogens (tertiary/aromatic N) is 1. The molecule has 1 amide bonds. The Morgan fingerprint density at radius 2 is 2.11 bits per heavy atom. The molecule has 0 aromatic rings. The van der Waals surface area contributed by atoms with E-state index in [2.05, 4.69) is 31.0 Å². The van der Waals surface area contributed by atoms with Gasteiger partial charge in [-0.15, -0.1) is 0 Å². The van der Waals surface area contributed by atoms with Crippen LogP contribution in [0.1, 0.15) is 46.5 Å². The van der Waals surface area contributed by atoms with Gasteiger partial charge in [0, 0.05) is 19.5 Å². The molecule has 110 valence electrons. The zero-order chi connectivity index (χ0) is 13.8. The molecule has 2 aliphatic heterocycles. The SMILES string of the molecule is CC1CCN(C(=O)CC(C)C2CCCNC2)CC1C. The molecular formula is C16H30N2O. The second-order valence-corrected chi connectivity index (χ2v) is 6.87. The standard InChI is InChI=1S/C16H30N2O/c1-12-6-8-18(11-14(12)3)16(19)9-13(2)15-5-4-7-17-10-15/h12-15,17H,4-11H2,1-3H3. The van der Waals surface area contributed by atoms with Gasteiger partial charge in [0.05, 0.1) is 0 Å². The van der Waals surface area contributed by atoms with Crippen molar-refractivity contribution >= 4 is 5.91 Å². The topological polar surface area (TPSA) is 32.3 Å². The molecule has 2 fully saturated rings. The lowest BCUT2D eigenvalue weighted by molar-refractivity contribution is -0.134. The smallest absolute Gasteiger partial charge is 0.222 e. The summed E-state index contributed by atoms with van der Waals surface area (Å²) >= 11 is 0. The minimum absolute atomic E-state index is 0.386. The molecule has 4 unspecified atom stereocenters. The largest absolute Gasteiger partial charge is 0.342 e. The molecule has 2 aliphatic rings. The van der Waals surface area contributed by atoms with Gasteiger partial charge in [0.25, 0.3) is 0 Å². The van der Waals surface area contributed by atoms with Crippen molar-refractivity contribution < 1.29 is 4.79 Å². The first kappa shape index (κ1) is 14.8. The third kappa shape index (κ3) is 3.95. The third-order valence-electron chi connectivity index (χ3n) is 5.32. The van der Waals surface area contributed by atoms with Gasteiger partial charge >= 0.3 is 0 Å². The molecule has 0 aromatic heterocycles. The fourth-order valence-electron chi connectivity index (χ4n) is 3.43. The summed E-state index contributed by atoms with van der Waals surface area (Å²) in [5.74, 6) is 3.03. The van der Waals surface area contributed by atoms with Crippen LogP contribution in [0.2, 0.25) is 0 Å². The van der Waals surface area contributed by atoms with Crippen molar-refractivity contribution in [3.8, 4) is 0 Å². The summed E-state index contributed by atoms with van der Waals surface area (Å²) in [6.45, 7) is 11.0. The highest BCUT2D eigenvalue weighted by atomic mass is 16.2. The second kappa shape index (κ2) is 6.74. The second-order valence-electron chi connectivity index (χ2n) is 6.87. The minimum atomic E-state index is 0.386. The van der Waals surface area contributed by atoms with Gasteiger partial charge in [0.1, 0.15) is 0 Å². The first-order chi connectivity index (χ1) is 9.08. The summed E-state index contributed by atoms with van der Waals surface area (Å²) in [6, 6.07) is 0. The van der Waals surface area contributed by atoms with Crippen LogP contribution >= 0.6 is 0 Å². The summed E-state index contributed by atoms with van der Waals surface area (Å²) in [6.07, 6.45) is 4.47. The molecule has 0 aromatic carbocycles. The molecule has 0 radical (unpaired) electrons. The lowest BCUT2D eigenvalue weighted by Gasteiger charge is -2.36. The lowest BCUT2D eigenvalue weighted by Crippen LogP contribution is -2.43. The monoisotopic (exact) mass is 266 g/mol. The van der Waals surface area contributed by atoms with Gasteiger partial charge < -0.3 is 10.2 Å². The molecule has 19 heavy (non-hydrogen) atoms. The fraction of sp³-hybridized carbons (Fsp3) is 0.938. The number of likely N-dealkylation sites (tertiary alicyclic amines) is 1. The van der Waals surface area contributed by atoms with Crippen molar-refractivity contribution in [3.05, 3.63) is 0 Å². The average molecular weight is 266 g/mol. The maximum atomic E-state index is 12.4. The van der Waals surface area contributed by atoms with Crippen LogP contribution in [0.25, 0.3) is 0 Å². The van der Waals surface area contributed by atoms with E-state index in [1.807, 2.05) is 0 Å². The summed E-state index contributed by atoms with van der Waals surface area (Å²) in [5, 5.41) is 3.46. The van der Waals surface area contributed by atoms with Crippen LogP contribution in [0, 0.1) is 23.7 Å². The molecule has 0 aliphatic carbocycles. The van der Waals surface area contributed by atoms with Crippen molar-refractivity contribution in [2.45, 2.75) is 46.5 Å². The first-order valence-electron chi connectivity index (χ1n) is 8.06. The maximum Gasteiger partial charge on any atom is 0.222 e. The number of hydrogen-bond acceptors (Lipinski definition) is 2. The van der Waals surface area contributed by atoms with E-state index in [4.69, 9.17) is 0 Å². The predicted molar refractivity (Wildman–Crippen MR) is 78.9 cm³/mol. The summed E-state index contributed by atoms with van der Waals surface area (Å²) in [5.41, 5.74) is 0. The number of carbonyl (C=O) groups is 1. The number of rotatable bonds is 3. The number of hydrogen-bond donors (Lipinski definition) is 1. The minimum Gasteiger partial charge on any atom is -0.342 e. The third-order valence-corrected chi connectivity index (χ3v) is 5.32. The van der Waals surface area contributed by atoms with Gasteiger partial charge in [-0.2, -0.15) is 0 Å². The Kier molecular flexibility index (Phi) is 5.26. The molecular weight excluding hydrogens is 236 g/mol. The van der Waals surface area contributed by atoms with E-state index >= 15 is 0 Å². The number of nitrogens with one attached hydrogen (secondary N) is 1. The Balaban J connectivity index is 1.79. The summed E-state index contributed by atoms with van der Waals surface area (Å²) in [7, 11) is 0. The van der Waals surface area contributed by atoms with Crippen LogP contribution in [0.3, 0.4) is 0 Å². The first-order valence-corrected chi connectivity index (χ1v) is 8.06. The predicted octanol–water partition coefficient (Wildman–Crippen LogP) is 2.52. The Morgan fingerprint density at radius 1 is 1.32 bits per heavy atom. The van der Waals surface area contributed by atoms with Gasteiger partial charge in [0.15, 0.2) is 0 Å². The van der Waals surface area contributed by atoms with Crippen molar-refractivity contribution in [1.82, 2.24) is 10.2 Å². The molecule has 1 N–H and O–H groups in total. The van der Waals surface area contributed by atoms with E-state index in [0.29, 0.717) is 23.7 Å². The van der Waals surface area contributed by atoms with Crippen molar-refractivity contribution in [3.63, 3.8) is 0 Å². The molecule has 0 spiro atoms. The van der Waals surface area contributed by atoms with E-state index in [9.17, 15) is 4.79 Å². The van der Waals surface area contributed by atoms with Gasteiger partial charge in [-0.1, -0.05) is 20.8 Å². The van der Waals surface area contributed by atoms with E-state index in [-0.39, 0.29) is 0 Å². The zero-order valence-electron chi connectivity index (χ0n) is 12.8. The highest BCUT2D eigenvalue weighted by Crippen LogP contribution is 2.26. The zero-order valence-corrected chi connectivity index (χ0v) is 12.8. The Bertz CT molecular complexity index is 299. The van der Waals surface area contributed by atoms with E-state index in [1.165, 1.54) is 19.3 Å². The van der Waals surface area contributed by atoms with Crippen LogP contribution in [-0.2, 0) is 4.79 Å². The molecule has 0 saturated carbocycles. The molecule has 2 rings (SSSR count). The number of piperidine rings is 2. The molecule has 3 nitrogen and oxygen atoms in total. The fourth-order valence-corrected chi connectivity index (χ4v) is 3.43. The molecule has 2 heterocycles. The van der Waals surface area contributed by atoms with Gasteiger partial charge in [0.2, 0.25) is 5.91 Å². The number of amides is 1. The quantitative estimate of drug-likeness (QED) is 0.851. The lowest BCUT2D eigenvalue weighted by atomic mass is 9.84. The van der Waals surface area contributed by atoms with Crippen LogP contribution < -0.4 is 5.32 Å². The van der Waals surface area contributed by atoms with Crippen LogP contribution in [-0.4, -0.2) is 37.0 Å². The van der Waals surface area contributed by atoms with Crippen molar-refractivity contribution in [1.29, 1.82) is 0 Å². The summed E-state index contributed by atoms with van der Waals surface area (Å²) < 4.78 is 0. The van der Waals surface area contributed by atoms with Crippen LogP contribution in [0.5, 0.6) is 0 Å².